The molecular weight excluding hydrogens is 310 g/mol. The predicted molar refractivity (Wildman–Crippen MR) is 88.7 cm³/mol. The number of ether oxygens (including phenoxy) is 2. The first-order valence-corrected chi connectivity index (χ1v) is 9.01. The van der Waals surface area contributed by atoms with Crippen LogP contribution in [0.2, 0.25) is 0 Å². The van der Waals surface area contributed by atoms with Gasteiger partial charge in [-0.2, -0.15) is 0 Å². The van der Waals surface area contributed by atoms with Crippen molar-refractivity contribution in [2.24, 2.45) is 0 Å². The zero-order chi connectivity index (χ0) is 15.6. The Morgan fingerprint density at radius 3 is 3.22 bits per heavy atom. The molecule has 4 heterocycles. The number of thiazole rings is 1. The molecule has 0 unspecified atom stereocenters. The molecule has 23 heavy (non-hydrogen) atoms. The van der Waals surface area contributed by atoms with E-state index in [1.54, 1.807) is 23.7 Å². The van der Waals surface area contributed by atoms with Gasteiger partial charge in [0.05, 0.1) is 12.7 Å². The number of fused-ring (bicyclic) bond motifs is 1. The van der Waals surface area contributed by atoms with Crippen molar-refractivity contribution in [1.82, 2.24) is 14.9 Å². The Hall–Kier alpha value is -1.50. The second-order valence-corrected chi connectivity index (χ2v) is 7.14. The number of pyridine rings is 1. The maximum absolute atomic E-state index is 6.17. The fourth-order valence-corrected chi connectivity index (χ4v) is 4.33. The molecule has 0 spiro atoms. The van der Waals surface area contributed by atoms with Gasteiger partial charge in [-0.15, -0.1) is 11.3 Å². The molecule has 2 aliphatic rings. The molecule has 0 N–H and O–H groups in total. The zero-order valence-electron chi connectivity index (χ0n) is 13.2. The van der Waals surface area contributed by atoms with Crippen LogP contribution in [-0.4, -0.2) is 46.3 Å². The maximum atomic E-state index is 6.17. The van der Waals surface area contributed by atoms with Gasteiger partial charge in [0.1, 0.15) is 23.0 Å². The number of aromatic nitrogens is 2. The summed E-state index contributed by atoms with van der Waals surface area (Å²) in [6.45, 7) is 4.64. The van der Waals surface area contributed by atoms with Gasteiger partial charge < -0.3 is 9.47 Å². The van der Waals surface area contributed by atoms with Crippen LogP contribution in [0.3, 0.4) is 0 Å². The zero-order valence-corrected chi connectivity index (χ0v) is 14.0. The summed E-state index contributed by atoms with van der Waals surface area (Å²) < 4.78 is 12.2. The number of hydrogen-bond donors (Lipinski definition) is 0. The van der Waals surface area contributed by atoms with Crippen molar-refractivity contribution in [2.75, 3.05) is 13.2 Å². The molecule has 0 radical (unpaired) electrons. The molecule has 2 aliphatic heterocycles. The third-order valence-electron chi connectivity index (χ3n) is 4.51. The molecule has 4 rings (SSSR count). The van der Waals surface area contributed by atoms with Crippen LogP contribution < -0.4 is 4.74 Å². The number of aryl methyl sites for hydroxylation is 1. The Kier molecular flexibility index (Phi) is 4.29. The van der Waals surface area contributed by atoms with Gasteiger partial charge in [0.2, 0.25) is 0 Å². The van der Waals surface area contributed by atoms with Crippen LogP contribution in [0.15, 0.2) is 29.9 Å². The van der Waals surface area contributed by atoms with Crippen molar-refractivity contribution in [3.8, 4) is 5.75 Å². The van der Waals surface area contributed by atoms with Crippen molar-refractivity contribution in [3.63, 3.8) is 0 Å². The molecule has 5 nitrogen and oxygen atoms in total. The Bertz CT molecular complexity index is 648. The lowest BCUT2D eigenvalue weighted by Crippen LogP contribution is -2.42. The molecule has 3 atom stereocenters. The van der Waals surface area contributed by atoms with Gasteiger partial charge >= 0.3 is 0 Å². The van der Waals surface area contributed by atoms with E-state index in [0.29, 0.717) is 6.04 Å². The highest BCUT2D eigenvalue weighted by atomic mass is 32.1. The SMILES string of the molecule is Cc1csc(CN2C[C@@H](Oc3cccnc3)[C@H]3OCCC[C@H]32)n1. The standard InChI is InChI=1S/C17H21N3O2S/c1-12-11-23-16(19-12)10-20-9-15(17-14(20)5-3-7-21-17)22-13-4-2-6-18-8-13/h2,4,6,8,11,14-15,17H,3,5,7,9-10H2,1H3/t14-,15-,17+/m1/s1. The minimum atomic E-state index is 0.0607. The normalized spacial score (nSPS) is 27.8. The summed E-state index contributed by atoms with van der Waals surface area (Å²) in [5, 5.41) is 3.29. The molecule has 122 valence electrons. The van der Waals surface area contributed by atoms with E-state index in [0.717, 1.165) is 37.6 Å². The first-order valence-electron chi connectivity index (χ1n) is 8.13. The second kappa shape index (κ2) is 6.55. The van der Waals surface area contributed by atoms with Gasteiger partial charge in [0.25, 0.3) is 0 Å². The van der Waals surface area contributed by atoms with Crippen molar-refractivity contribution in [2.45, 2.75) is 44.6 Å². The van der Waals surface area contributed by atoms with Gasteiger partial charge in [-0.1, -0.05) is 0 Å². The van der Waals surface area contributed by atoms with Crippen LogP contribution >= 0.6 is 11.3 Å². The van der Waals surface area contributed by atoms with Crippen LogP contribution in [0.25, 0.3) is 0 Å². The predicted octanol–water partition coefficient (Wildman–Crippen LogP) is 2.66. The summed E-state index contributed by atoms with van der Waals surface area (Å²) in [5.74, 6) is 0.817. The van der Waals surface area contributed by atoms with E-state index in [-0.39, 0.29) is 12.2 Å². The van der Waals surface area contributed by atoms with Crippen molar-refractivity contribution >= 4 is 11.3 Å². The smallest absolute Gasteiger partial charge is 0.139 e. The van der Waals surface area contributed by atoms with Crippen LogP contribution in [0.5, 0.6) is 5.75 Å². The minimum absolute atomic E-state index is 0.0607. The number of likely N-dealkylation sites (tertiary alicyclic amines) is 1. The van der Waals surface area contributed by atoms with E-state index < -0.39 is 0 Å². The molecule has 2 fully saturated rings. The van der Waals surface area contributed by atoms with Crippen LogP contribution in [0, 0.1) is 6.92 Å². The van der Waals surface area contributed by atoms with E-state index in [2.05, 4.69) is 20.2 Å². The van der Waals surface area contributed by atoms with Crippen LogP contribution in [0.1, 0.15) is 23.5 Å². The lowest BCUT2D eigenvalue weighted by molar-refractivity contribution is -0.0472. The minimum Gasteiger partial charge on any atom is -0.485 e. The largest absolute Gasteiger partial charge is 0.485 e. The Balaban J connectivity index is 1.49. The van der Waals surface area contributed by atoms with Gasteiger partial charge in [-0.25, -0.2) is 4.98 Å². The molecule has 0 aliphatic carbocycles. The highest BCUT2D eigenvalue weighted by molar-refractivity contribution is 7.09. The summed E-state index contributed by atoms with van der Waals surface area (Å²) in [7, 11) is 0. The highest BCUT2D eigenvalue weighted by Gasteiger charge is 2.45. The summed E-state index contributed by atoms with van der Waals surface area (Å²) in [6, 6.07) is 4.28. The molecule has 0 aromatic carbocycles. The van der Waals surface area contributed by atoms with E-state index in [9.17, 15) is 0 Å². The Morgan fingerprint density at radius 2 is 2.43 bits per heavy atom. The van der Waals surface area contributed by atoms with E-state index in [4.69, 9.17) is 9.47 Å². The number of rotatable bonds is 4. The lowest BCUT2D eigenvalue weighted by atomic mass is 10.0. The molecule has 0 amide bonds. The molecule has 2 aromatic heterocycles. The summed E-state index contributed by atoms with van der Waals surface area (Å²) in [4.78, 5) is 11.2. The molecule has 6 heteroatoms. The number of nitrogens with zero attached hydrogens (tertiary/aromatic N) is 3. The molecule has 2 saturated heterocycles. The van der Waals surface area contributed by atoms with Gasteiger partial charge in [0, 0.05) is 36.5 Å². The number of hydrogen-bond acceptors (Lipinski definition) is 6. The molecular formula is C17H21N3O2S. The highest BCUT2D eigenvalue weighted by Crippen LogP contribution is 2.32. The Labute approximate surface area is 140 Å². The van der Waals surface area contributed by atoms with Crippen LogP contribution in [-0.2, 0) is 11.3 Å². The molecule has 0 bridgehead atoms. The van der Waals surface area contributed by atoms with Crippen LogP contribution in [0.4, 0.5) is 0 Å². The van der Waals surface area contributed by atoms with E-state index >= 15 is 0 Å². The average molecular weight is 331 g/mol. The fourth-order valence-electron chi connectivity index (χ4n) is 3.53. The maximum Gasteiger partial charge on any atom is 0.139 e. The first kappa shape index (κ1) is 15.1. The second-order valence-electron chi connectivity index (χ2n) is 6.20. The fraction of sp³-hybridized carbons (Fsp3) is 0.529. The van der Waals surface area contributed by atoms with Gasteiger partial charge in [-0.3, -0.25) is 9.88 Å². The lowest BCUT2D eigenvalue weighted by Gasteiger charge is -2.31. The third-order valence-corrected chi connectivity index (χ3v) is 5.46. The van der Waals surface area contributed by atoms with Gasteiger partial charge in [-0.05, 0) is 31.9 Å². The monoisotopic (exact) mass is 331 g/mol. The molecule has 0 saturated carbocycles. The summed E-state index contributed by atoms with van der Waals surface area (Å²) >= 11 is 1.74. The van der Waals surface area contributed by atoms with Crippen molar-refractivity contribution in [3.05, 3.63) is 40.6 Å². The third kappa shape index (κ3) is 3.24. The Morgan fingerprint density at radius 1 is 1.48 bits per heavy atom. The average Bonchev–Trinajstić information content (AvgIpc) is 3.14. The first-order chi connectivity index (χ1) is 11.3. The summed E-state index contributed by atoms with van der Waals surface area (Å²) in [6.07, 6.45) is 6.02. The van der Waals surface area contributed by atoms with Gasteiger partial charge in [0.15, 0.2) is 0 Å². The van der Waals surface area contributed by atoms with E-state index in [1.165, 1.54) is 11.4 Å². The molecule has 2 aromatic rings. The summed E-state index contributed by atoms with van der Waals surface area (Å²) in [5.41, 5.74) is 1.10. The van der Waals surface area contributed by atoms with E-state index in [1.807, 2.05) is 19.1 Å². The van der Waals surface area contributed by atoms with Crippen molar-refractivity contribution in [1.29, 1.82) is 0 Å². The quantitative estimate of drug-likeness (QED) is 0.862. The van der Waals surface area contributed by atoms with Crippen molar-refractivity contribution < 1.29 is 9.47 Å². The topological polar surface area (TPSA) is 47.5 Å².